The summed E-state index contributed by atoms with van der Waals surface area (Å²) in [7, 11) is 2.85. The largest absolute Gasteiger partial charge is 0.419 e. The van der Waals surface area contributed by atoms with Gasteiger partial charge in [-0.3, -0.25) is 4.68 Å². The number of carbonyl (C=O) groups is 1. The maximum atomic E-state index is 12.9. The van der Waals surface area contributed by atoms with E-state index in [-0.39, 0.29) is 18.8 Å². The monoisotopic (exact) mass is 367 g/mol. The lowest BCUT2D eigenvalue weighted by atomic mass is 10.1. The van der Waals surface area contributed by atoms with Crippen LogP contribution in [-0.2, 0) is 31.1 Å². The topological polar surface area (TPSA) is 92.0 Å². The molecule has 0 aliphatic heterocycles. The minimum Gasteiger partial charge on any atom is -0.380 e. The number of hydrogen-bond acceptors (Lipinski definition) is 4. The Bertz CT molecular complexity index is 839. The number of nitrogens with one attached hydrogen (secondary N) is 2. The summed E-state index contributed by atoms with van der Waals surface area (Å²) in [5.41, 5.74) is 0.248. The Balaban J connectivity index is 2.05. The number of halogens is 3. The first kappa shape index (κ1) is 19.3. The molecule has 0 aliphatic rings. The Kier molecular flexibility index (Phi) is 5.84. The summed E-state index contributed by atoms with van der Waals surface area (Å²) >= 11 is 0. The van der Waals surface area contributed by atoms with Crippen molar-refractivity contribution >= 4 is 11.7 Å². The number of nitriles is 1. The first-order valence-electron chi connectivity index (χ1n) is 7.41. The minimum absolute atomic E-state index is 0.166. The van der Waals surface area contributed by atoms with Crippen LogP contribution in [0.1, 0.15) is 22.4 Å². The van der Waals surface area contributed by atoms with Crippen LogP contribution in [0.2, 0.25) is 0 Å². The number of alkyl halides is 3. The van der Waals surface area contributed by atoms with Crippen molar-refractivity contribution in [1.29, 1.82) is 5.26 Å². The average Bonchev–Trinajstić information content (AvgIpc) is 2.95. The van der Waals surface area contributed by atoms with Gasteiger partial charge in [-0.15, -0.1) is 0 Å². The third-order valence-corrected chi connectivity index (χ3v) is 3.57. The van der Waals surface area contributed by atoms with E-state index in [1.807, 2.05) is 6.07 Å². The van der Waals surface area contributed by atoms with Crippen molar-refractivity contribution in [2.24, 2.45) is 7.05 Å². The van der Waals surface area contributed by atoms with Crippen LogP contribution in [0.15, 0.2) is 24.4 Å². The summed E-state index contributed by atoms with van der Waals surface area (Å²) in [6.07, 6.45) is -3.84. The zero-order valence-corrected chi connectivity index (χ0v) is 14.0. The zero-order valence-electron chi connectivity index (χ0n) is 14.0. The Morgan fingerprint density at radius 2 is 2.15 bits per heavy atom. The van der Waals surface area contributed by atoms with Gasteiger partial charge in [-0.25, -0.2) is 4.79 Å². The number of aromatic nitrogens is 2. The molecular formula is C16H16F3N5O2. The molecule has 2 aromatic rings. The minimum atomic E-state index is -4.55. The fraction of sp³-hybridized carbons (Fsp3) is 0.312. The number of carbonyl (C=O) groups excluding carboxylic acids is 1. The molecule has 0 fully saturated rings. The maximum Gasteiger partial charge on any atom is 0.419 e. The molecule has 2 N–H and O–H groups in total. The average molecular weight is 367 g/mol. The van der Waals surface area contributed by atoms with Crippen LogP contribution in [-0.4, -0.2) is 22.9 Å². The summed E-state index contributed by atoms with van der Waals surface area (Å²) < 4.78 is 44.7. The van der Waals surface area contributed by atoms with E-state index < -0.39 is 17.8 Å². The number of hydrogen-bond donors (Lipinski definition) is 2. The molecule has 138 valence electrons. The Morgan fingerprint density at radius 1 is 1.42 bits per heavy atom. The highest BCUT2D eigenvalue weighted by molar-refractivity contribution is 5.89. The van der Waals surface area contributed by atoms with Crippen molar-refractivity contribution in [3.8, 4) is 6.07 Å². The number of urea groups is 1. The number of aryl methyl sites for hydroxylation is 1. The predicted molar refractivity (Wildman–Crippen MR) is 85.9 cm³/mol. The quantitative estimate of drug-likeness (QED) is 0.850. The van der Waals surface area contributed by atoms with E-state index in [4.69, 9.17) is 10.00 Å². The molecule has 0 spiro atoms. The van der Waals surface area contributed by atoms with Gasteiger partial charge in [-0.1, -0.05) is 6.07 Å². The van der Waals surface area contributed by atoms with Gasteiger partial charge in [0.2, 0.25) is 0 Å². The highest BCUT2D eigenvalue weighted by Gasteiger charge is 2.35. The van der Waals surface area contributed by atoms with Crippen LogP contribution in [0.5, 0.6) is 0 Å². The second-order valence-electron chi connectivity index (χ2n) is 5.35. The van der Waals surface area contributed by atoms with Crippen LogP contribution in [0.25, 0.3) is 0 Å². The van der Waals surface area contributed by atoms with Gasteiger partial charge in [-0.05, 0) is 17.7 Å². The molecule has 26 heavy (non-hydrogen) atoms. The number of rotatable bonds is 5. The zero-order chi connectivity index (χ0) is 19.3. The molecule has 1 aromatic heterocycles. The summed E-state index contributed by atoms with van der Waals surface area (Å²) in [6, 6.07) is 5.94. The van der Waals surface area contributed by atoms with Crippen LogP contribution >= 0.6 is 0 Å². The molecule has 7 nitrogen and oxygen atoms in total. The Hall–Kier alpha value is -3.06. The lowest BCUT2D eigenvalue weighted by Crippen LogP contribution is -2.30. The van der Waals surface area contributed by atoms with Gasteiger partial charge < -0.3 is 15.4 Å². The second kappa shape index (κ2) is 7.88. The third kappa shape index (κ3) is 4.52. The molecular weight excluding hydrogens is 351 g/mol. The molecule has 0 saturated carbocycles. The fourth-order valence-corrected chi connectivity index (χ4v) is 2.29. The molecule has 2 amide bonds. The van der Waals surface area contributed by atoms with Crippen molar-refractivity contribution in [1.82, 2.24) is 15.1 Å². The standard InChI is InChI=1S/C16H16F3N5O2/c1-24-14(13(7-22-24)16(17,18)19)8-21-15(25)23-12-4-3-10(9-26-2)11(5-12)6-20/h3-5,7H,8-9H2,1-2H3,(H2,21,23,25). The van der Waals surface area contributed by atoms with E-state index in [0.29, 0.717) is 23.0 Å². The number of amides is 2. The van der Waals surface area contributed by atoms with E-state index in [0.717, 1.165) is 4.68 Å². The highest BCUT2D eigenvalue weighted by atomic mass is 19.4. The van der Waals surface area contributed by atoms with Gasteiger partial charge in [0.1, 0.15) is 0 Å². The lowest BCUT2D eigenvalue weighted by Gasteiger charge is -2.12. The smallest absolute Gasteiger partial charge is 0.380 e. The first-order chi connectivity index (χ1) is 12.3. The SMILES string of the molecule is COCc1ccc(NC(=O)NCc2c(C(F)(F)F)cnn2C)cc1C#N. The number of anilines is 1. The summed E-state index contributed by atoms with van der Waals surface area (Å²) in [5.74, 6) is 0. The van der Waals surface area contributed by atoms with Crippen molar-refractivity contribution in [3.05, 3.63) is 46.8 Å². The maximum absolute atomic E-state index is 12.9. The van der Waals surface area contributed by atoms with Gasteiger partial charge in [0.05, 0.1) is 42.2 Å². The number of ether oxygens (including phenoxy) is 1. The van der Waals surface area contributed by atoms with E-state index in [1.165, 1.54) is 20.2 Å². The summed E-state index contributed by atoms with van der Waals surface area (Å²) in [4.78, 5) is 11.9. The fourth-order valence-electron chi connectivity index (χ4n) is 2.29. The van der Waals surface area contributed by atoms with E-state index in [1.54, 1.807) is 12.1 Å². The molecule has 0 atom stereocenters. The van der Waals surface area contributed by atoms with E-state index in [9.17, 15) is 18.0 Å². The molecule has 0 aliphatic carbocycles. The molecule has 0 unspecified atom stereocenters. The van der Waals surface area contributed by atoms with Crippen LogP contribution in [0, 0.1) is 11.3 Å². The molecule has 0 radical (unpaired) electrons. The normalized spacial score (nSPS) is 11.1. The molecule has 0 bridgehead atoms. The number of nitrogens with zero attached hydrogens (tertiary/aromatic N) is 3. The Labute approximate surface area is 147 Å². The number of benzene rings is 1. The molecule has 1 heterocycles. The van der Waals surface area contributed by atoms with Gasteiger partial charge in [0.15, 0.2) is 0 Å². The number of methoxy groups -OCH3 is 1. The van der Waals surface area contributed by atoms with Crippen molar-refractivity contribution in [3.63, 3.8) is 0 Å². The van der Waals surface area contributed by atoms with Crippen molar-refractivity contribution in [2.75, 3.05) is 12.4 Å². The van der Waals surface area contributed by atoms with E-state index >= 15 is 0 Å². The van der Waals surface area contributed by atoms with Crippen LogP contribution < -0.4 is 10.6 Å². The van der Waals surface area contributed by atoms with Crippen LogP contribution in [0.3, 0.4) is 0 Å². The van der Waals surface area contributed by atoms with Gasteiger partial charge >= 0.3 is 12.2 Å². The Morgan fingerprint density at radius 3 is 2.77 bits per heavy atom. The first-order valence-corrected chi connectivity index (χ1v) is 7.41. The predicted octanol–water partition coefficient (Wildman–Crippen LogP) is 2.78. The lowest BCUT2D eigenvalue weighted by molar-refractivity contribution is -0.138. The molecule has 1 aromatic carbocycles. The van der Waals surface area contributed by atoms with Gasteiger partial charge in [0.25, 0.3) is 0 Å². The molecule has 0 saturated heterocycles. The molecule has 10 heteroatoms. The second-order valence-corrected chi connectivity index (χ2v) is 5.35. The van der Waals surface area contributed by atoms with Crippen molar-refractivity contribution in [2.45, 2.75) is 19.3 Å². The summed E-state index contributed by atoms with van der Waals surface area (Å²) in [6.45, 7) is -0.111. The highest BCUT2D eigenvalue weighted by Crippen LogP contribution is 2.31. The van der Waals surface area contributed by atoms with Gasteiger partial charge in [-0.2, -0.15) is 23.5 Å². The molecule has 2 rings (SSSR count). The van der Waals surface area contributed by atoms with Gasteiger partial charge in [0, 0.05) is 19.8 Å². The van der Waals surface area contributed by atoms with Crippen LogP contribution in [0.4, 0.5) is 23.7 Å². The van der Waals surface area contributed by atoms with E-state index in [2.05, 4.69) is 15.7 Å². The summed E-state index contributed by atoms with van der Waals surface area (Å²) in [5, 5.41) is 17.5. The van der Waals surface area contributed by atoms with Crippen molar-refractivity contribution < 1.29 is 22.7 Å². The third-order valence-electron chi connectivity index (χ3n) is 3.57.